The first kappa shape index (κ1) is 13.0. The Bertz CT molecular complexity index is 653. The van der Waals surface area contributed by atoms with Crippen molar-refractivity contribution in [2.24, 2.45) is 0 Å². The third-order valence-corrected chi connectivity index (χ3v) is 3.11. The fourth-order valence-corrected chi connectivity index (χ4v) is 1.98. The molecule has 2 aromatic rings. The van der Waals surface area contributed by atoms with Crippen molar-refractivity contribution in [1.82, 2.24) is 4.98 Å². The maximum absolute atomic E-state index is 11.9. The van der Waals surface area contributed by atoms with Crippen LogP contribution in [0.25, 0.3) is 0 Å². The number of aryl methyl sites for hydroxylation is 1. The van der Waals surface area contributed by atoms with Crippen LogP contribution >= 0.6 is 11.3 Å². The molecule has 0 aliphatic rings. The Labute approximate surface area is 112 Å². The fourth-order valence-electron chi connectivity index (χ4n) is 1.44. The van der Waals surface area contributed by atoms with Gasteiger partial charge in [0, 0.05) is 17.5 Å². The largest absolute Gasteiger partial charge is 0.375 e. The number of thiazole rings is 1. The monoisotopic (exact) mass is 278 g/mol. The topological polar surface area (TPSA) is 111 Å². The molecule has 3 N–H and O–H groups in total. The SMILES string of the molecule is Cc1ccc([N+](=O)[O-])cc1NC(=O)c1csc(N)n1. The van der Waals surface area contributed by atoms with Gasteiger partial charge in [-0.1, -0.05) is 6.07 Å². The lowest BCUT2D eigenvalue weighted by Crippen LogP contribution is -2.13. The molecule has 0 aliphatic carbocycles. The molecule has 0 fully saturated rings. The molecule has 1 aromatic carbocycles. The molecule has 2 rings (SSSR count). The maximum atomic E-state index is 11.9. The summed E-state index contributed by atoms with van der Waals surface area (Å²) >= 11 is 1.15. The number of non-ortho nitro benzene ring substituents is 1. The van der Waals surface area contributed by atoms with Crippen LogP contribution < -0.4 is 11.1 Å². The van der Waals surface area contributed by atoms with E-state index in [2.05, 4.69) is 10.3 Å². The molecule has 0 saturated heterocycles. The minimum atomic E-state index is -0.518. The Balaban J connectivity index is 2.25. The summed E-state index contributed by atoms with van der Waals surface area (Å²) in [5.41, 5.74) is 6.65. The van der Waals surface area contributed by atoms with Crippen LogP contribution in [0, 0.1) is 17.0 Å². The number of nitrogens with one attached hydrogen (secondary N) is 1. The molecule has 1 amide bonds. The second-order valence-corrected chi connectivity index (χ2v) is 4.67. The Morgan fingerprint density at radius 1 is 1.53 bits per heavy atom. The number of nitro groups is 1. The van der Waals surface area contributed by atoms with Gasteiger partial charge in [0.2, 0.25) is 0 Å². The van der Waals surface area contributed by atoms with Crippen LogP contribution in [0.1, 0.15) is 16.1 Å². The van der Waals surface area contributed by atoms with E-state index in [1.165, 1.54) is 17.5 Å². The van der Waals surface area contributed by atoms with Gasteiger partial charge in [0.1, 0.15) is 5.69 Å². The third-order valence-electron chi connectivity index (χ3n) is 2.43. The van der Waals surface area contributed by atoms with Gasteiger partial charge >= 0.3 is 0 Å². The van der Waals surface area contributed by atoms with Crippen molar-refractivity contribution in [3.8, 4) is 0 Å². The summed E-state index contributed by atoms with van der Waals surface area (Å²) in [6.45, 7) is 1.74. The number of nitrogens with two attached hydrogens (primary N) is 1. The number of hydrogen-bond donors (Lipinski definition) is 2. The summed E-state index contributed by atoms with van der Waals surface area (Å²) in [5.74, 6) is -0.448. The first-order valence-electron chi connectivity index (χ1n) is 5.25. The Kier molecular flexibility index (Phi) is 3.43. The zero-order valence-corrected chi connectivity index (χ0v) is 10.7. The lowest BCUT2D eigenvalue weighted by atomic mass is 10.2. The molecular weight excluding hydrogens is 268 g/mol. The third kappa shape index (κ3) is 2.86. The summed E-state index contributed by atoms with van der Waals surface area (Å²) in [4.78, 5) is 25.9. The highest BCUT2D eigenvalue weighted by atomic mass is 32.1. The number of carbonyl (C=O) groups excluding carboxylic acids is 1. The van der Waals surface area contributed by atoms with Crippen molar-refractivity contribution in [2.75, 3.05) is 11.1 Å². The Morgan fingerprint density at radius 2 is 2.26 bits per heavy atom. The number of carbonyl (C=O) groups is 1. The molecule has 0 unspecified atom stereocenters. The van der Waals surface area contributed by atoms with E-state index in [1.807, 2.05) is 0 Å². The van der Waals surface area contributed by atoms with Crippen LogP contribution in [-0.2, 0) is 0 Å². The molecular formula is C11H10N4O3S. The zero-order chi connectivity index (χ0) is 14.0. The van der Waals surface area contributed by atoms with Crippen LogP contribution in [0.4, 0.5) is 16.5 Å². The molecule has 0 radical (unpaired) electrons. The predicted molar refractivity (Wildman–Crippen MR) is 72.3 cm³/mol. The predicted octanol–water partition coefficient (Wildman–Crippen LogP) is 2.19. The first-order valence-corrected chi connectivity index (χ1v) is 6.12. The molecule has 0 bridgehead atoms. The van der Waals surface area contributed by atoms with Crippen LogP contribution in [0.15, 0.2) is 23.6 Å². The van der Waals surface area contributed by atoms with Gasteiger partial charge < -0.3 is 11.1 Å². The molecule has 0 spiro atoms. The van der Waals surface area contributed by atoms with Crippen molar-refractivity contribution >= 4 is 33.8 Å². The highest BCUT2D eigenvalue weighted by Gasteiger charge is 2.14. The van der Waals surface area contributed by atoms with Crippen molar-refractivity contribution in [3.63, 3.8) is 0 Å². The number of aromatic nitrogens is 1. The van der Waals surface area contributed by atoms with E-state index in [0.29, 0.717) is 10.8 Å². The summed E-state index contributed by atoms with van der Waals surface area (Å²) in [5, 5.41) is 15.1. The van der Waals surface area contributed by atoms with Gasteiger partial charge in [0.05, 0.1) is 10.6 Å². The number of anilines is 2. The van der Waals surface area contributed by atoms with Crippen molar-refractivity contribution in [2.45, 2.75) is 6.92 Å². The van der Waals surface area contributed by atoms with Crippen molar-refractivity contribution in [1.29, 1.82) is 0 Å². The van der Waals surface area contributed by atoms with E-state index in [0.717, 1.165) is 16.9 Å². The van der Waals surface area contributed by atoms with Crippen LogP contribution in [0.2, 0.25) is 0 Å². The highest BCUT2D eigenvalue weighted by molar-refractivity contribution is 7.13. The van der Waals surface area contributed by atoms with Crippen LogP contribution in [-0.4, -0.2) is 15.8 Å². The summed E-state index contributed by atoms with van der Waals surface area (Å²) in [6.07, 6.45) is 0. The van der Waals surface area contributed by atoms with Crippen molar-refractivity contribution in [3.05, 3.63) is 45.0 Å². The van der Waals surface area contributed by atoms with E-state index < -0.39 is 10.8 Å². The number of rotatable bonds is 3. The van der Waals surface area contributed by atoms with E-state index >= 15 is 0 Å². The van der Waals surface area contributed by atoms with E-state index in [1.54, 1.807) is 13.0 Å². The number of hydrogen-bond acceptors (Lipinski definition) is 6. The minimum Gasteiger partial charge on any atom is -0.375 e. The van der Waals surface area contributed by atoms with Gasteiger partial charge in [-0.15, -0.1) is 11.3 Å². The average Bonchev–Trinajstić information content (AvgIpc) is 2.78. The zero-order valence-electron chi connectivity index (χ0n) is 9.91. The quantitative estimate of drug-likeness (QED) is 0.660. The van der Waals surface area contributed by atoms with Gasteiger partial charge in [-0.25, -0.2) is 4.98 Å². The van der Waals surface area contributed by atoms with Gasteiger partial charge in [-0.3, -0.25) is 14.9 Å². The Morgan fingerprint density at radius 3 is 2.84 bits per heavy atom. The molecule has 0 atom stereocenters. The van der Waals surface area contributed by atoms with E-state index in [-0.39, 0.29) is 11.4 Å². The Hall–Kier alpha value is -2.48. The molecule has 1 aromatic heterocycles. The fraction of sp³-hybridized carbons (Fsp3) is 0.0909. The smallest absolute Gasteiger partial charge is 0.275 e. The summed E-state index contributed by atoms with van der Waals surface area (Å²) in [7, 11) is 0. The highest BCUT2D eigenvalue weighted by Crippen LogP contribution is 2.22. The minimum absolute atomic E-state index is 0.0845. The maximum Gasteiger partial charge on any atom is 0.275 e. The molecule has 98 valence electrons. The number of nitro benzene ring substituents is 1. The standard InChI is InChI=1S/C11H10N4O3S/c1-6-2-3-7(15(17)18)4-8(6)13-10(16)9-5-19-11(12)14-9/h2-5H,1H3,(H2,12,14)(H,13,16). The molecule has 0 saturated carbocycles. The van der Waals surface area contributed by atoms with E-state index in [4.69, 9.17) is 5.73 Å². The second-order valence-electron chi connectivity index (χ2n) is 3.78. The second kappa shape index (κ2) is 5.02. The van der Waals surface area contributed by atoms with E-state index in [9.17, 15) is 14.9 Å². The lowest BCUT2D eigenvalue weighted by Gasteiger charge is -2.06. The van der Waals surface area contributed by atoms with Gasteiger partial charge in [-0.2, -0.15) is 0 Å². The number of nitrogens with zero attached hydrogens (tertiary/aromatic N) is 2. The van der Waals surface area contributed by atoms with Gasteiger partial charge in [0.25, 0.3) is 11.6 Å². The lowest BCUT2D eigenvalue weighted by molar-refractivity contribution is -0.384. The van der Waals surface area contributed by atoms with Gasteiger partial charge in [0.15, 0.2) is 5.13 Å². The van der Waals surface area contributed by atoms with Crippen LogP contribution in [0.5, 0.6) is 0 Å². The molecule has 0 aliphatic heterocycles. The number of nitrogen functional groups attached to an aromatic ring is 1. The average molecular weight is 278 g/mol. The van der Waals surface area contributed by atoms with Gasteiger partial charge in [-0.05, 0) is 12.5 Å². The first-order chi connectivity index (χ1) is 8.97. The number of benzene rings is 1. The molecule has 1 heterocycles. The van der Waals surface area contributed by atoms with Crippen LogP contribution in [0.3, 0.4) is 0 Å². The molecule has 8 heteroatoms. The van der Waals surface area contributed by atoms with Crippen molar-refractivity contribution < 1.29 is 9.72 Å². The molecule has 7 nitrogen and oxygen atoms in total. The summed E-state index contributed by atoms with van der Waals surface area (Å²) < 4.78 is 0. The summed E-state index contributed by atoms with van der Waals surface area (Å²) in [6, 6.07) is 4.26. The number of amides is 1. The molecule has 19 heavy (non-hydrogen) atoms. The normalized spacial score (nSPS) is 10.2.